The molecule has 1 N–H and O–H groups in total. The van der Waals surface area contributed by atoms with Crippen LogP contribution < -0.4 is 4.90 Å². The van der Waals surface area contributed by atoms with E-state index in [1.165, 1.54) is 11.8 Å². The first-order valence-corrected chi connectivity index (χ1v) is 7.01. The highest BCUT2D eigenvalue weighted by atomic mass is 16.5. The van der Waals surface area contributed by atoms with E-state index in [1.54, 1.807) is 6.08 Å². The Morgan fingerprint density at radius 3 is 2.75 bits per heavy atom. The summed E-state index contributed by atoms with van der Waals surface area (Å²) in [5.74, 6) is -0.916. The smallest absolute Gasteiger partial charge is 0.328 e. The molecule has 0 aliphatic carbocycles. The third-order valence-corrected chi connectivity index (χ3v) is 4.26. The van der Waals surface area contributed by atoms with Gasteiger partial charge in [0.25, 0.3) is 0 Å². The lowest BCUT2D eigenvalue weighted by atomic mass is 9.73. The summed E-state index contributed by atoms with van der Waals surface area (Å²) >= 11 is 0. The lowest BCUT2D eigenvalue weighted by Gasteiger charge is -2.53. The van der Waals surface area contributed by atoms with E-state index in [1.807, 2.05) is 18.2 Å². The maximum absolute atomic E-state index is 10.6. The Morgan fingerprint density at radius 2 is 2.05 bits per heavy atom. The summed E-state index contributed by atoms with van der Waals surface area (Å²) < 4.78 is 5.43. The van der Waals surface area contributed by atoms with Crippen molar-refractivity contribution in [2.75, 3.05) is 31.2 Å². The maximum atomic E-state index is 10.6. The molecular formula is C16H19NO3. The Labute approximate surface area is 118 Å². The number of hydrogen-bond acceptors (Lipinski definition) is 3. The van der Waals surface area contributed by atoms with Crippen molar-refractivity contribution < 1.29 is 14.6 Å². The third-order valence-electron chi connectivity index (χ3n) is 4.26. The number of carbonyl (C=O) groups is 1. The molecule has 3 rings (SSSR count). The molecule has 2 fully saturated rings. The van der Waals surface area contributed by atoms with Crippen molar-refractivity contribution in [3.8, 4) is 0 Å². The predicted molar refractivity (Wildman–Crippen MR) is 77.8 cm³/mol. The van der Waals surface area contributed by atoms with E-state index in [4.69, 9.17) is 9.84 Å². The van der Waals surface area contributed by atoms with Gasteiger partial charge in [-0.15, -0.1) is 0 Å². The van der Waals surface area contributed by atoms with E-state index in [0.717, 1.165) is 44.7 Å². The zero-order valence-electron chi connectivity index (χ0n) is 11.4. The van der Waals surface area contributed by atoms with Gasteiger partial charge in [0, 0.05) is 43.5 Å². The molecule has 2 aliphatic rings. The van der Waals surface area contributed by atoms with Crippen molar-refractivity contribution in [1.29, 1.82) is 0 Å². The van der Waals surface area contributed by atoms with Crippen molar-refractivity contribution in [1.82, 2.24) is 0 Å². The van der Waals surface area contributed by atoms with Crippen molar-refractivity contribution in [2.45, 2.75) is 12.8 Å². The van der Waals surface area contributed by atoms with E-state index in [9.17, 15) is 4.79 Å². The highest BCUT2D eigenvalue weighted by Crippen LogP contribution is 2.42. The van der Waals surface area contributed by atoms with Gasteiger partial charge in [-0.05, 0) is 36.6 Å². The number of carboxylic acids is 1. The van der Waals surface area contributed by atoms with Gasteiger partial charge in [0.1, 0.15) is 0 Å². The highest BCUT2D eigenvalue weighted by Gasteiger charge is 2.43. The van der Waals surface area contributed by atoms with Crippen LogP contribution in [0.2, 0.25) is 0 Å². The van der Waals surface area contributed by atoms with Gasteiger partial charge in [-0.3, -0.25) is 0 Å². The van der Waals surface area contributed by atoms with Crippen LogP contribution in [0.25, 0.3) is 6.08 Å². The molecule has 4 nitrogen and oxygen atoms in total. The van der Waals surface area contributed by atoms with Crippen LogP contribution in [0.1, 0.15) is 18.4 Å². The van der Waals surface area contributed by atoms with Crippen LogP contribution in [0.3, 0.4) is 0 Å². The second-order valence-electron chi connectivity index (χ2n) is 5.73. The van der Waals surface area contributed by atoms with Gasteiger partial charge < -0.3 is 14.7 Å². The number of anilines is 1. The van der Waals surface area contributed by atoms with Gasteiger partial charge in [-0.25, -0.2) is 4.79 Å². The summed E-state index contributed by atoms with van der Waals surface area (Å²) in [4.78, 5) is 12.9. The molecule has 20 heavy (non-hydrogen) atoms. The SMILES string of the molecule is O=C(O)/C=C/c1cccc(N2CC3(CCOCC3)C2)c1. The molecule has 0 amide bonds. The van der Waals surface area contributed by atoms with Gasteiger partial charge in [0.15, 0.2) is 0 Å². The normalized spacial score (nSPS) is 21.1. The fourth-order valence-electron chi connectivity index (χ4n) is 3.06. The van der Waals surface area contributed by atoms with Crippen LogP contribution in [-0.2, 0) is 9.53 Å². The second kappa shape index (κ2) is 5.29. The molecule has 2 aliphatic heterocycles. The molecule has 0 unspecified atom stereocenters. The van der Waals surface area contributed by atoms with Gasteiger partial charge in [-0.1, -0.05) is 12.1 Å². The summed E-state index contributed by atoms with van der Waals surface area (Å²) in [6.45, 7) is 3.94. The lowest BCUT2D eigenvalue weighted by Crippen LogP contribution is -2.58. The molecule has 0 atom stereocenters. The first-order chi connectivity index (χ1) is 9.67. The van der Waals surface area contributed by atoms with E-state index in [2.05, 4.69) is 11.0 Å². The van der Waals surface area contributed by atoms with Crippen molar-refractivity contribution in [3.05, 3.63) is 35.9 Å². The molecule has 0 radical (unpaired) electrons. The highest BCUT2D eigenvalue weighted by molar-refractivity contribution is 5.85. The molecule has 106 valence electrons. The summed E-state index contributed by atoms with van der Waals surface area (Å²) in [6, 6.07) is 8.04. The van der Waals surface area contributed by atoms with E-state index >= 15 is 0 Å². The minimum Gasteiger partial charge on any atom is -0.478 e. The zero-order chi connectivity index (χ0) is 14.0. The van der Waals surface area contributed by atoms with Gasteiger partial charge in [0.05, 0.1) is 0 Å². The fraction of sp³-hybridized carbons (Fsp3) is 0.438. The third kappa shape index (κ3) is 2.70. The number of nitrogens with zero attached hydrogens (tertiary/aromatic N) is 1. The average molecular weight is 273 g/mol. The first-order valence-electron chi connectivity index (χ1n) is 7.01. The van der Waals surface area contributed by atoms with Crippen LogP contribution in [0, 0.1) is 5.41 Å². The van der Waals surface area contributed by atoms with Crippen molar-refractivity contribution >= 4 is 17.7 Å². The minimum absolute atomic E-state index is 0.450. The zero-order valence-corrected chi connectivity index (χ0v) is 11.4. The molecule has 1 spiro atoms. The van der Waals surface area contributed by atoms with Gasteiger partial charge in [0.2, 0.25) is 0 Å². The van der Waals surface area contributed by atoms with E-state index in [-0.39, 0.29) is 0 Å². The lowest BCUT2D eigenvalue weighted by molar-refractivity contribution is -0.131. The second-order valence-corrected chi connectivity index (χ2v) is 5.73. The molecule has 0 aromatic heterocycles. The number of ether oxygens (including phenoxy) is 1. The molecule has 1 aromatic rings. The molecule has 2 heterocycles. The number of aliphatic carboxylic acids is 1. The summed E-state index contributed by atoms with van der Waals surface area (Å²) in [6.07, 6.45) is 5.12. The van der Waals surface area contributed by atoms with E-state index in [0.29, 0.717) is 5.41 Å². The quantitative estimate of drug-likeness (QED) is 0.859. The number of carboxylic acid groups (broad SMARTS) is 1. The first kappa shape index (κ1) is 13.2. The monoisotopic (exact) mass is 273 g/mol. The van der Waals surface area contributed by atoms with Crippen LogP contribution in [0.4, 0.5) is 5.69 Å². The summed E-state index contributed by atoms with van der Waals surface area (Å²) in [7, 11) is 0. The number of benzene rings is 1. The van der Waals surface area contributed by atoms with Crippen LogP contribution >= 0.6 is 0 Å². The Morgan fingerprint density at radius 1 is 1.30 bits per heavy atom. The molecule has 2 saturated heterocycles. The predicted octanol–water partition coefficient (Wildman–Crippen LogP) is 2.40. The number of hydrogen-bond donors (Lipinski definition) is 1. The summed E-state index contributed by atoms with van der Waals surface area (Å²) in [5.41, 5.74) is 2.55. The average Bonchev–Trinajstić information content (AvgIpc) is 2.44. The van der Waals surface area contributed by atoms with Crippen LogP contribution in [-0.4, -0.2) is 37.4 Å². The standard InChI is InChI=1S/C16H19NO3/c18-15(19)5-4-13-2-1-3-14(10-13)17-11-16(12-17)6-8-20-9-7-16/h1-5,10H,6-9,11-12H2,(H,18,19)/b5-4+. The van der Waals surface area contributed by atoms with Crippen LogP contribution in [0.5, 0.6) is 0 Å². The van der Waals surface area contributed by atoms with Crippen molar-refractivity contribution in [3.63, 3.8) is 0 Å². The molecule has 4 heteroatoms. The largest absolute Gasteiger partial charge is 0.478 e. The molecule has 1 aromatic carbocycles. The Kier molecular flexibility index (Phi) is 3.49. The molecule has 0 saturated carbocycles. The Bertz CT molecular complexity index is 524. The van der Waals surface area contributed by atoms with Gasteiger partial charge >= 0.3 is 5.97 Å². The Balaban J connectivity index is 1.67. The molecule has 0 bridgehead atoms. The maximum Gasteiger partial charge on any atom is 0.328 e. The van der Waals surface area contributed by atoms with Gasteiger partial charge in [-0.2, -0.15) is 0 Å². The van der Waals surface area contributed by atoms with Crippen LogP contribution in [0.15, 0.2) is 30.3 Å². The van der Waals surface area contributed by atoms with E-state index < -0.39 is 5.97 Å². The summed E-state index contributed by atoms with van der Waals surface area (Å²) in [5, 5.41) is 8.67. The topological polar surface area (TPSA) is 49.8 Å². The Hall–Kier alpha value is -1.81. The fourth-order valence-corrected chi connectivity index (χ4v) is 3.06. The van der Waals surface area contributed by atoms with Crippen molar-refractivity contribution in [2.24, 2.45) is 5.41 Å². The number of rotatable bonds is 3. The molecular weight excluding hydrogens is 254 g/mol. The minimum atomic E-state index is -0.916.